The van der Waals surface area contributed by atoms with Crippen molar-refractivity contribution in [2.75, 3.05) is 18.9 Å². The van der Waals surface area contributed by atoms with Crippen LogP contribution in [0.3, 0.4) is 0 Å². The normalized spacial score (nSPS) is 21.6. The molecule has 1 aliphatic rings. The zero-order valence-corrected chi connectivity index (χ0v) is 10.4. The maximum absolute atomic E-state index is 5.88. The number of anilines is 1. The van der Waals surface area contributed by atoms with Gasteiger partial charge in [-0.05, 0) is 37.4 Å². The van der Waals surface area contributed by atoms with E-state index in [-0.39, 0.29) is 0 Å². The molecule has 17 heavy (non-hydrogen) atoms. The van der Waals surface area contributed by atoms with Crippen LogP contribution in [0.5, 0.6) is 0 Å². The average molecular weight is 235 g/mol. The van der Waals surface area contributed by atoms with Gasteiger partial charge >= 0.3 is 0 Å². The van der Waals surface area contributed by atoms with Crippen LogP contribution in [-0.2, 0) is 11.2 Å². The summed E-state index contributed by atoms with van der Waals surface area (Å²) >= 11 is 0. The molecule has 1 saturated heterocycles. The van der Waals surface area contributed by atoms with Crippen molar-refractivity contribution < 1.29 is 4.74 Å². The lowest BCUT2D eigenvalue weighted by molar-refractivity contribution is 0.0789. The molecule has 4 nitrogen and oxygen atoms in total. The van der Waals surface area contributed by atoms with Crippen molar-refractivity contribution in [1.29, 1.82) is 0 Å². The van der Waals surface area contributed by atoms with Crippen LogP contribution in [0.15, 0.2) is 18.3 Å². The van der Waals surface area contributed by atoms with E-state index in [0.29, 0.717) is 18.0 Å². The smallest absolute Gasteiger partial charge is 0.126 e. The number of hydrogen-bond acceptors (Lipinski definition) is 4. The number of aromatic nitrogens is 1. The number of ether oxygens (including phenoxy) is 1. The number of nitrogens with one attached hydrogen (secondary N) is 1. The highest BCUT2D eigenvalue weighted by Gasteiger charge is 2.25. The van der Waals surface area contributed by atoms with E-state index in [2.05, 4.69) is 17.2 Å². The average Bonchev–Trinajstić information content (AvgIpc) is 2.85. The SMILES string of the molecule is CCNC(Cc1cccnc1N)C1CCCO1. The second kappa shape index (κ2) is 5.98. The Labute approximate surface area is 103 Å². The number of hydrogen-bond donors (Lipinski definition) is 2. The van der Waals surface area contributed by atoms with Crippen LogP contribution >= 0.6 is 0 Å². The molecule has 2 rings (SSSR count). The summed E-state index contributed by atoms with van der Waals surface area (Å²) in [6.45, 7) is 3.95. The topological polar surface area (TPSA) is 60.2 Å². The summed E-state index contributed by atoms with van der Waals surface area (Å²) in [7, 11) is 0. The summed E-state index contributed by atoms with van der Waals surface area (Å²) in [6.07, 6.45) is 5.23. The molecule has 0 aromatic carbocycles. The minimum atomic E-state index is 0.314. The van der Waals surface area contributed by atoms with Crippen molar-refractivity contribution in [2.24, 2.45) is 0 Å². The van der Waals surface area contributed by atoms with Crippen molar-refractivity contribution in [3.63, 3.8) is 0 Å². The van der Waals surface area contributed by atoms with Crippen LogP contribution in [-0.4, -0.2) is 30.3 Å². The summed E-state index contributed by atoms with van der Waals surface area (Å²) in [4.78, 5) is 4.13. The minimum absolute atomic E-state index is 0.314. The van der Waals surface area contributed by atoms with E-state index in [9.17, 15) is 0 Å². The van der Waals surface area contributed by atoms with Gasteiger partial charge in [0.05, 0.1) is 6.10 Å². The van der Waals surface area contributed by atoms with E-state index >= 15 is 0 Å². The third-order valence-corrected chi connectivity index (χ3v) is 3.25. The molecule has 0 spiro atoms. The molecule has 2 unspecified atom stereocenters. The first kappa shape index (κ1) is 12.3. The van der Waals surface area contributed by atoms with Crippen molar-refractivity contribution in [1.82, 2.24) is 10.3 Å². The Kier molecular flexibility index (Phi) is 4.34. The quantitative estimate of drug-likeness (QED) is 0.809. The molecule has 94 valence electrons. The molecule has 4 heteroatoms. The second-order valence-corrected chi connectivity index (χ2v) is 4.47. The Bertz CT molecular complexity index is 350. The maximum Gasteiger partial charge on any atom is 0.126 e. The molecule has 1 aromatic rings. The Morgan fingerprint density at radius 1 is 1.65 bits per heavy atom. The largest absolute Gasteiger partial charge is 0.383 e. The molecule has 2 atom stereocenters. The predicted octanol–water partition coefficient (Wildman–Crippen LogP) is 1.36. The van der Waals surface area contributed by atoms with Crippen LogP contribution in [0.25, 0.3) is 0 Å². The summed E-state index contributed by atoms with van der Waals surface area (Å²) in [5.74, 6) is 0.633. The molecule has 0 saturated carbocycles. The van der Waals surface area contributed by atoms with Crippen molar-refractivity contribution in [3.05, 3.63) is 23.9 Å². The van der Waals surface area contributed by atoms with Crippen LogP contribution in [0.2, 0.25) is 0 Å². The fourth-order valence-corrected chi connectivity index (χ4v) is 2.38. The van der Waals surface area contributed by atoms with E-state index in [4.69, 9.17) is 10.5 Å². The molecule has 1 aliphatic heterocycles. The Balaban J connectivity index is 2.04. The number of rotatable bonds is 5. The fourth-order valence-electron chi connectivity index (χ4n) is 2.38. The number of likely N-dealkylation sites (N-methyl/N-ethyl adjacent to an activating group) is 1. The summed E-state index contributed by atoms with van der Waals surface area (Å²) < 4.78 is 5.76. The summed E-state index contributed by atoms with van der Waals surface area (Å²) in [5, 5.41) is 3.49. The van der Waals surface area contributed by atoms with E-state index in [0.717, 1.165) is 38.0 Å². The lowest BCUT2D eigenvalue weighted by atomic mass is 10.00. The van der Waals surface area contributed by atoms with Gasteiger partial charge in [0.25, 0.3) is 0 Å². The van der Waals surface area contributed by atoms with E-state index in [1.54, 1.807) is 6.20 Å². The van der Waals surface area contributed by atoms with Gasteiger partial charge in [-0.1, -0.05) is 13.0 Å². The van der Waals surface area contributed by atoms with Crippen molar-refractivity contribution >= 4 is 5.82 Å². The highest BCUT2D eigenvalue weighted by Crippen LogP contribution is 2.20. The van der Waals surface area contributed by atoms with Crippen LogP contribution in [0.1, 0.15) is 25.3 Å². The van der Waals surface area contributed by atoms with E-state index in [1.807, 2.05) is 12.1 Å². The molecule has 1 fully saturated rings. The van der Waals surface area contributed by atoms with E-state index in [1.165, 1.54) is 0 Å². The second-order valence-electron chi connectivity index (χ2n) is 4.47. The molecular weight excluding hydrogens is 214 g/mol. The van der Waals surface area contributed by atoms with Crippen LogP contribution < -0.4 is 11.1 Å². The number of nitrogens with zero attached hydrogens (tertiary/aromatic N) is 1. The van der Waals surface area contributed by atoms with Gasteiger partial charge in [-0.15, -0.1) is 0 Å². The molecule has 0 radical (unpaired) electrons. The molecule has 0 bridgehead atoms. The molecular formula is C13H21N3O. The van der Waals surface area contributed by atoms with Crippen molar-refractivity contribution in [3.8, 4) is 0 Å². The zero-order chi connectivity index (χ0) is 12.1. The third-order valence-electron chi connectivity index (χ3n) is 3.25. The molecule has 0 amide bonds. The minimum Gasteiger partial charge on any atom is -0.383 e. The van der Waals surface area contributed by atoms with Gasteiger partial charge in [-0.25, -0.2) is 4.98 Å². The van der Waals surface area contributed by atoms with Gasteiger partial charge in [0, 0.05) is 18.8 Å². The molecule has 3 N–H and O–H groups in total. The predicted molar refractivity (Wildman–Crippen MR) is 68.8 cm³/mol. The van der Waals surface area contributed by atoms with E-state index < -0.39 is 0 Å². The first-order valence-corrected chi connectivity index (χ1v) is 6.35. The Morgan fingerprint density at radius 2 is 2.53 bits per heavy atom. The van der Waals surface area contributed by atoms with Gasteiger partial charge in [-0.3, -0.25) is 0 Å². The number of nitrogen functional groups attached to an aromatic ring is 1. The standard InChI is InChI=1S/C13H21N3O/c1-2-15-11(12-6-4-8-17-12)9-10-5-3-7-16-13(10)14/h3,5,7,11-12,15H,2,4,6,8-9H2,1H3,(H2,14,16). The summed E-state index contributed by atoms with van der Waals surface area (Å²) in [6, 6.07) is 4.32. The van der Waals surface area contributed by atoms with Gasteiger partial charge in [-0.2, -0.15) is 0 Å². The van der Waals surface area contributed by atoms with Gasteiger partial charge in [0.1, 0.15) is 5.82 Å². The molecule has 2 heterocycles. The fraction of sp³-hybridized carbons (Fsp3) is 0.615. The van der Waals surface area contributed by atoms with Crippen LogP contribution in [0.4, 0.5) is 5.82 Å². The molecule has 1 aromatic heterocycles. The third kappa shape index (κ3) is 3.17. The van der Waals surface area contributed by atoms with Crippen LogP contribution in [0, 0.1) is 0 Å². The number of nitrogens with two attached hydrogens (primary N) is 1. The Hall–Kier alpha value is -1.13. The zero-order valence-electron chi connectivity index (χ0n) is 10.4. The van der Waals surface area contributed by atoms with Gasteiger partial charge in [0.15, 0.2) is 0 Å². The lowest BCUT2D eigenvalue weighted by Gasteiger charge is -2.24. The van der Waals surface area contributed by atoms with Gasteiger partial charge < -0.3 is 15.8 Å². The highest BCUT2D eigenvalue weighted by molar-refractivity contribution is 5.39. The van der Waals surface area contributed by atoms with Crippen molar-refractivity contribution in [2.45, 2.75) is 38.3 Å². The Morgan fingerprint density at radius 3 is 3.18 bits per heavy atom. The van der Waals surface area contributed by atoms with Gasteiger partial charge in [0.2, 0.25) is 0 Å². The summed E-state index contributed by atoms with van der Waals surface area (Å²) in [5.41, 5.74) is 6.99. The maximum atomic E-state index is 5.88. The molecule has 0 aliphatic carbocycles. The monoisotopic (exact) mass is 235 g/mol. The highest BCUT2D eigenvalue weighted by atomic mass is 16.5. The lowest BCUT2D eigenvalue weighted by Crippen LogP contribution is -2.41. The number of pyridine rings is 1. The first-order chi connectivity index (χ1) is 8.31. The first-order valence-electron chi connectivity index (χ1n) is 6.35.